The van der Waals surface area contributed by atoms with E-state index in [0.717, 1.165) is 4.88 Å². The van der Waals surface area contributed by atoms with Crippen LogP contribution >= 0.6 is 11.3 Å². The Labute approximate surface area is 120 Å². The van der Waals surface area contributed by atoms with Gasteiger partial charge in [-0.15, -0.1) is 11.3 Å². The number of carbonyl (C=O) groups excluding carboxylic acids is 1. The van der Waals surface area contributed by atoms with Gasteiger partial charge in [0.25, 0.3) is 5.91 Å². The number of carbonyl (C=O) groups is 1. The molecule has 1 N–H and O–H groups in total. The molecule has 1 amide bonds. The number of fused-ring (bicyclic) bond motifs is 1. The molecule has 2 aromatic rings. The molecule has 2 atom stereocenters. The van der Waals surface area contributed by atoms with Gasteiger partial charge in [-0.05, 0) is 26.0 Å². The van der Waals surface area contributed by atoms with Crippen molar-refractivity contribution in [3.05, 3.63) is 35.3 Å². The van der Waals surface area contributed by atoms with E-state index in [1.807, 2.05) is 32.0 Å². The maximum absolute atomic E-state index is 12.2. The Morgan fingerprint density at radius 3 is 2.65 bits per heavy atom. The molecule has 0 aliphatic carbocycles. The van der Waals surface area contributed by atoms with Crippen molar-refractivity contribution in [2.45, 2.75) is 26.1 Å². The largest absolute Gasteiger partial charge is 0.482 e. The highest BCUT2D eigenvalue weighted by atomic mass is 32.1. The monoisotopic (exact) mass is 290 g/mol. The topological polar surface area (TPSA) is 60.5 Å². The van der Waals surface area contributed by atoms with Crippen LogP contribution in [0.3, 0.4) is 0 Å². The minimum atomic E-state index is -0.686. The number of rotatable bonds is 2. The summed E-state index contributed by atoms with van der Waals surface area (Å²) in [5.74, 6) is 0.997. The van der Waals surface area contributed by atoms with Crippen LogP contribution in [-0.4, -0.2) is 23.1 Å². The molecule has 0 saturated heterocycles. The van der Waals surface area contributed by atoms with Crippen LogP contribution in [0.4, 0.5) is 5.13 Å². The number of nitrogens with zero attached hydrogens (tertiary/aromatic N) is 1. The lowest BCUT2D eigenvalue weighted by Crippen LogP contribution is -2.46. The van der Waals surface area contributed by atoms with E-state index in [1.165, 1.54) is 11.3 Å². The molecule has 0 unspecified atom stereocenters. The predicted molar refractivity (Wildman–Crippen MR) is 76.4 cm³/mol. The van der Waals surface area contributed by atoms with E-state index in [9.17, 15) is 4.79 Å². The van der Waals surface area contributed by atoms with Crippen molar-refractivity contribution in [3.63, 3.8) is 0 Å². The zero-order valence-electron chi connectivity index (χ0n) is 11.1. The quantitative estimate of drug-likeness (QED) is 0.923. The van der Waals surface area contributed by atoms with Gasteiger partial charge < -0.3 is 9.47 Å². The third kappa shape index (κ3) is 2.46. The van der Waals surface area contributed by atoms with Crippen LogP contribution in [0.2, 0.25) is 0 Å². The Morgan fingerprint density at radius 1 is 1.30 bits per heavy atom. The number of aryl methyl sites for hydroxylation is 1. The average molecular weight is 290 g/mol. The molecule has 0 radical (unpaired) electrons. The van der Waals surface area contributed by atoms with Crippen LogP contribution in [0.5, 0.6) is 11.5 Å². The number of hydrogen-bond donors (Lipinski definition) is 1. The van der Waals surface area contributed by atoms with Crippen molar-refractivity contribution in [2.24, 2.45) is 0 Å². The van der Waals surface area contributed by atoms with Crippen LogP contribution in [0, 0.1) is 6.92 Å². The summed E-state index contributed by atoms with van der Waals surface area (Å²) in [6.45, 7) is 3.75. The molecule has 104 valence electrons. The van der Waals surface area contributed by atoms with E-state index in [4.69, 9.17) is 9.47 Å². The summed E-state index contributed by atoms with van der Waals surface area (Å²) in [6, 6.07) is 7.32. The minimum Gasteiger partial charge on any atom is -0.482 e. The first-order valence-electron chi connectivity index (χ1n) is 6.29. The van der Waals surface area contributed by atoms with E-state index in [0.29, 0.717) is 16.6 Å². The lowest BCUT2D eigenvalue weighted by atomic mass is 10.1. The van der Waals surface area contributed by atoms with Crippen LogP contribution in [0.15, 0.2) is 30.5 Å². The Balaban J connectivity index is 1.75. The molecule has 0 saturated carbocycles. The summed E-state index contributed by atoms with van der Waals surface area (Å²) >= 11 is 1.43. The Bertz CT molecular complexity index is 641. The first-order valence-corrected chi connectivity index (χ1v) is 7.11. The fourth-order valence-electron chi connectivity index (χ4n) is 2.00. The normalized spacial score (nSPS) is 20.5. The number of thiazole rings is 1. The molecule has 2 heterocycles. The third-order valence-corrected chi connectivity index (χ3v) is 3.78. The molecule has 0 spiro atoms. The number of hydrogen-bond acceptors (Lipinski definition) is 5. The van der Waals surface area contributed by atoms with Crippen molar-refractivity contribution in [3.8, 4) is 11.5 Å². The Kier molecular flexibility index (Phi) is 3.31. The molecule has 1 aliphatic heterocycles. The van der Waals surface area contributed by atoms with Crippen LogP contribution < -0.4 is 14.8 Å². The summed E-state index contributed by atoms with van der Waals surface area (Å²) in [7, 11) is 0. The molecular weight excluding hydrogens is 276 g/mol. The number of aromatic nitrogens is 1. The predicted octanol–water partition coefficient (Wildman–Crippen LogP) is 2.62. The van der Waals surface area contributed by atoms with Crippen molar-refractivity contribution in [1.29, 1.82) is 0 Å². The lowest BCUT2D eigenvalue weighted by Gasteiger charge is -2.30. The van der Waals surface area contributed by atoms with Crippen molar-refractivity contribution < 1.29 is 14.3 Å². The molecular formula is C14H14N2O3S. The minimum absolute atomic E-state index is 0.249. The van der Waals surface area contributed by atoms with Gasteiger partial charge in [0.2, 0.25) is 6.10 Å². The number of benzene rings is 1. The molecule has 1 aromatic carbocycles. The van der Waals surface area contributed by atoms with Gasteiger partial charge in [0, 0.05) is 11.1 Å². The zero-order valence-corrected chi connectivity index (χ0v) is 11.9. The zero-order chi connectivity index (χ0) is 14.1. The van der Waals surface area contributed by atoms with Crippen molar-refractivity contribution in [2.75, 3.05) is 5.32 Å². The fraction of sp³-hybridized carbons (Fsp3) is 0.286. The van der Waals surface area contributed by atoms with Gasteiger partial charge in [0.15, 0.2) is 16.6 Å². The maximum Gasteiger partial charge on any atom is 0.271 e. The SMILES string of the molecule is Cc1cnc(NC(=O)[C@H]2Oc3ccccc3O[C@@H]2C)s1. The highest BCUT2D eigenvalue weighted by Gasteiger charge is 2.34. The molecule has 1 aromatic heterocycles. The molecule has 0 fully saturated rings. The van der Waals surface area contributed by atoms with Crippen molar-refractivity contribution >= 4 is 22.4 Å². The summed E-state index contributed by atoms with van der Waals surface area (Å²) in [4.78, 5) is 17.4. The van der Waals surface area contributed by atoms with Crippen molar-refractivity contribution in [1.82, 2.24) is 4.98 Å². The second-order valence-electron chi connectivity index (χ2n) is 4.57. The summed E-state index contributed by atoms with van der Waals surface area (Å²) < 4.78 is 11.4. The highest BCUT2D eigenvalue weighted by molar-refractivity contribution is 7.15. The van der Waals surface area contributed by atoms with Gasteiger partial charge in [0.1, 0.15) is 6.10 Å². The van der Waals surface area contributed by atoms with Gasteiger partial charge in [-0.2, -0.15) is 0 Å². The molecule has 3 rings (SSSR count). The first kappa shape index (κ1) is 12.9. The Morgan fingerprint density at radius 2 is 2.00 bits per heavy atom. The van der Waals surface area contributed by atoms with Gasteiger partial charge in [0.05, 0.1) is 0 Å². The van der Waals surface area contributed by atoms with E-state index in [-0.39, 0.29) is 12.0 Å². The van der Waals surface area contributed by atoms with Gasteiger partial charge in [-0.1, -0.05) is 12.1 Å². The number of anilines is 1. The average Bonchev–Trinajstić information content (AvgIpc) is 2.83. The van der Waals surface area contributed by atoms with E-state index in [1.54, 1.807) is 12.3 Å². The molecule has 5 nitrogen and oxygen atoms in total. The fourth-order valence-corrected chi connectivity index (χ4v) is 2.66. The summed E-state index contributed by atoms with van der Waals surface area (Å²) in [5, 5.41) is 3.33. The van der Waals surface area contributed by atoms with Crippen LogP contribution in [0.1, 0.15) is 11.8 Å². The molecule has 20 heavy (non-hydrogen) atoms. The summed E-state index contributed by atoms with van der Waals surface area (Å²) in [6.07, 6.45) is 0.678. The standard InChI is InChI=1S/C14H14N2O3S/c1-8-7-15-14(20-8)16-13(17)12-9(2)18-10-5-3-4-6-11(10)19-12/h3-7,9,12H,1-2H3,(H,15,16,17)/t9-,12+/m1/s1. The number of para-hydroxylation sites is 2. The number of amides is 1. The third-order valence-electron chi connectivity index (χ3n) is 2.95. The van der Waals surface area contributed by atoms with Gasteiger partial charge in [-0.3, -0.25) is 10.1 Å². The first-order chi connectivity index (χ1) is 9.63. The second kappa shape index (κ2) is 5.13. The van der Waals surface area contributed by atoms with E-state index in [2.05, 4.69) is 10.3 Å². The smallest absolute Gasteiger partial charge is 0.271 e. The summed E-state index contributed by atoms with van der Waals surface area (Å²) in [5.41, 5.74) is 0. The number of ether oxygens (including phenoxy) is 2. The Hall–Kier alpha value is -2.08. The van der Waals surface area contributed by atoms with E-state index >= 15 is 0 Å². The van der Waals surface area contributed by atoms with Gasteiger partial charge in [-0.25, -0.2) is 4.98 Å². The molecule has 0 bridgehead atoms. The molecule has 1 aliphatic rings. The second-order valence-corrected chi connectivity index (χ2v) is 5.81. The maximum atomic E-state index is 12.2. The molecule has 6 heteroatoms. The van der Waals surface area contributed by atoms with Crippen LogP contribution in [-0.2, 0) is 4.79 Å². The van der Waals surface area contributed by atoms with Gasteiger partial charge >= 0.3 is 0 Å². The number of nitrogens with one attached hydrogen (secondary N) is 1. The lowest BCUT2D eigenvalue weighted by molar-refractivity contribution is -0.128. The van der Waals surface area contributed by atoms with E-state index < -0.39 is 6.10 Å². The highest BCUT2D eigenvalue weighted by Crippen LogP contribution is 2.33. The van der Waals surface area contributed by atoms with Crippen LogP contribution in [0.25, 0.3) is 0 Å².